The Balaban J connectivity index is 1.94. The summed E-state index contributed by atoms with van der Waals surface area (Å²) in [6.45, 7) is 12.0. The summed E-state index contributed by atoms with van der Waals surface area (Å²) in [6, 6.07) is 7.72. The minimum Gasteiger partial charge on any atom is -0.444 e. The van der Waals surface area contributed by atoms with E-state index in [1.807, 2.05) is 49.6 Å². The van der Waals surface area contributed by atoms with Crippen molar-refractivity contribution in [3.05, 3.63) is 42.4 Å². The van der Waals surface area contributed by atoms with Gasteiger partial charge in [0.15, 0.2) is 5.82 Å². The van der Waals surface area contributed by atoms with Crippen LogP contribution in [0.1, 0.15) is 33.5 Å². The standard InChI is InChI=1S/C21H28N6O3/c1-13(2)26-29-12-16-25-17-18(14-8-6-7-9-15(14)24-19(17)22)27(16)11-10-23-20(28)30-21(3,4)5/h6-9,26H,1,10-12H2,2-5H3,(H2,22,24)(H,23,28). The van der Waals surface area contributed by atoms with Crippen LogP contribution in [0.25, 0.3) is 21.9 Å². The van der Waals surface area contributed by atoms with Gasteiger partial charge in [-0.15, -0.1) is 0 Å². The maximum absolute atomic E-state index is 12.0. The predicted molar refractivity (Wildman–Crippen MR) is 116 cm³/mol. The number of carbonyl (C=O) groups is 1. The molecule has 0 radical (unpaired) electrons. The van der Waals surface area contributed by atoms with Crippen molar-refractivity contribution in [2.75, 3.05) is 12.3 Å². The van der Waals surface area contributed by atoms with Crippen LogP contribution < -0.4 is 16.5 Å². The Hall–Kier alpha value is -3.33. The van der Waals surface area contributed by atoms with Crippen LogP contribution in [-0.4, -0.2) is 32.8 Å². The molecule has 0 aliphatic heterocycles. The monoisotopic (exact) mass is 412 g/mol. The number of nitrogens with zero attached hydrogens (tertiary/aromatic N) is 3. The molecular formula is C21H28N6O3. The van der Waals surface area contributed by atoms with E-state index in [-0.39, 0.29) is 6.61 Å². The van der Waals surface area contributed by atoms with Gasteiger partial charge >= 0.3 is 6.09 Å². The van der Waals surface area contributed by atoms with Crippen LogP contribution in [0.3, 0.4) is 0 Å². The number of rotatable bonds is 7. The minimum atomic E-state index is -0.560. The van der Waals surface area contributed by atoms with Gasteiger partial charge in [-0.3, -0.25) is 10.3 Å². The summed E-state index contributed by atoms with van der Waals surface area (Å²) >= 11 is 0. The number of anilines is 1. The zero-order chi connectivity index (χ0) is 21.9. The van der Waals surface area contributed by atoms with Gasteiger partial charge in [0.25, 0.3) is 0 Å². The largest absolute Gasteiger partial charge is 0.444 e. The Morgan fingerprint density at radius 1 is 1.27 bits per heavy atom. The average molecular weight is 412 g/mol. The third kappa shape index (κ3) is 4.98. The number of hydrogen-bond acceptors (Lipinski definition) is 7. The second-order valence-corrected chi connectivity index (χ2v) is 7.99. The summed E-state index contributed by atoms with van der Waals surface area (Å²) in [6.07, 6.45) is -0.472. The number of fused-ring (bicyclic) bond motifs is 3. The number of allylic oxidation sites excluding steroid dienone is 1. The number of para-hydroxylation sites is 1. The van der Waals surface area contributed by atoms with Gasteiger partial charge in [-0.2, -0.15) is 0 Å². The van der Waals surface area contributed by atoms with Crippen molar-refractivity contribution in [1.82, 2.24) is 25.3 Å². The van der Waals surface area contributed by atoms with E-state index >= 15 is 0 Å². The molecule has 0 saturated heterocycles. The number of hydroxylamine groups is 1. The molecule has 1 aromatic carbocycles. The fraction of sp³-hybridized carbons (Fsp3) is 0.381. The number of imidazole rings is 1. The number of amides is 1. The Kier molecular flexibility index (Phi) is 6.12. The van der Waals surface area contributed by atoms with Crippen molar-refractivity contribution in [1.29, 1.82) is 0 Å². The molecule has 1 amide bonds. The van der Waals surface area contributed by atoms with E-state index in [4.69, 9.17) is 15.3 Å². The van der Waals surface area contributed by atoms with Crippen molar-refractivity contribution in [2.45, 2.75) is 46.4 Å². The third-order valence-corrected chi connectivity index (χ3v) is 4.14. The Labute approximate surface area is 175 Å². The zero-order valence-corrected chi connectivity index (χ0v) is 17.8. The molecule has 2 aromatic heterocycles. The number of nitrogen functional groups attached to an aromatic ring is 1. The van der Waals surface area contributed by atoms with E-state index in [1.165, 1.54) is 0 Å². The van der Waals surface area contributed by atoms with Gasteiger partial charge in [-0.1, -0.05) is 24.8 Å². The molecule has 3 rings (SSSR count). The van der Waals surface area contributed by atoms with Gasteiger partial charge in [0.2, 0.25) is 0 Å². The smallest absolute Gasteiger partial charge is 0.407 e. The molecule has 3 aromatic rings. The molecule has 9 nitrogen and oxygen atoms in total. The van der Waals surface area contributed by atoms with Gasteiger partial charge in [0, 0.05) is 24.2 Å². The second kappa shape index (κ2) is 8.58. The number of pyridine rings is 1. The third-order valence-electron chi connectivity index (χ3n) is 4.14. The van der Waals surface area contributed by atoms with Crippen LogP contribution in [-0.2, 0) is 22.7 Å². The molecule has 160 valence electrons. The first-order chi connectivity index (χ1) is 14.2. The SMILES string of the molecule is C=C(C)NOCc1nc2c(N)nc3ccccc3c2n1CCNC(=O)OC(C)(C)C. The van der Waals surface area contributed by atoms with Gasteiger partial charge in [0.1, 0.15) is 23.5 Å². The first-order valence-corrected chi connectivity index (χ1v) is 9.69. The van der Waals surface area contributed by atoms with Crippen LogP contribution in [0.2, 0.25) is 0 Å². The predicted octanol–water partition coefficient (Wildman–Crippen LogP) is 3.25. The Morgan fingerprint density at radius 3 is 2.70 bits per heavy atom. The van der Waals surface area contributed by atoms with Crippen molar-refractivity contribution in [2.24, 2.45) is 0 Å². The molecule has 0 spiro atoms. The van der Waals surface area contributed by atoms with Crippen molar-refractivity contribution >= 4 is 33.8 Å². The summed E-state index contributed by atoms with van der Waals surface area (Å²) in [5, 5.41) is 3.70. The maximum atomic E-state index is 12.0. The zero-order valence-electron chi connectivity index (χ0n) is 17.8. The average Bonchev–Trinajstić information content (AvgIpc) is 2.99. The fourth-order valence-corrected chi connectivity index (χ4v) is 3.06. The summed E-state index contributed by atoms with van der Waals surface area (Å²) in [7, 11) is 0. The van der Waals surface area contributed by atoms with Crippen molar-refractivity contribution in [3.63, 3.8) is 0 Å². The Morgan fingerprint density at radius 2 is 2.00 bits per heavy atom. The van der Waals surface area contributed by atoms with E-state index in [0.29, 0.717) is 35.9 Å². The molecule has 2 heterocycles. The second-order valence-electron chi connectivity index (χ2n) is 7.99. The molecule has 0 bridgehead atoms. The summed E-state index contributed by atoms with van der Waals surface area (Å²) in [5.41, 5.74) is 11.2. The van der Waals surface area contributed by atoms with Crippen LogP contribution in [0.5, 0.6) is 0 Å². The molecule has 9 heteroatoms. The molecule has 0 saturated carbocycles. The Bertz CT molecular complexity index is 1080. The van der Waals surface area contributed by atoms with Crippen LogP contribution in [0, 0.1) is 0 Å². The number of carbonyl (C=O) groups excluding carboxylic acids is 1. The van der Waals surface area contributed by atoms with E-state index in [9.17, 15) is 4.79 Å². The first kappa shape index (κ1) is 21.4. The minimum absolute atomic E-state index is 0.182. The highest BCUT2D eigenvalue weighted by atomic mass is 16.6. The molecule has 0 fully saturated rings. The highest BCUT2D eigenvalue weighted by Gasteiger charge is 2.19. The number of benzene rings is 1. The van der Waals surface area contributed by atoms with Crippen LogP contribution in [0.4, 0.5) is 10.6 Å². The quantitative estimate of drug-likeness (QED) is 0.510. The fourth-order valence-electron chi connectivity index (χ4n) is 3.06. The number of aromatic nitrogens is 3. The van der Waals surface area contributed by atoms with E-state index in [1.54, 1.807) is 6.92 Å². The van der Waals surface area contributed by atoms with Gasteiger partial charge < -0.3 is 20.4 Å². The molecule has 30 heavy (non-hydrogen) atoms. The summed E-state index contributed by atoms with van der Waals surface area (Å²) < 4.78 is 7.29. The molecule has 0 unspecified atom stereocenters. The molecule has 4 N–H and O–H groups in total. The van der Waals surface area contributed by atoms with E-state index in [0.717, 1.165) is 16.4 Å². The van der Waals surface area contributed by atoms with Gasteiger partial charge in [-0.05, 0) is 33.8 Å². The van der Waals surface area contributed by atoms with E-state index < -0.39 is 11.7 Å². The number of ether oxygens (including phenoxy) is 1. The number of nitrogens with one attached hydrogen (secondary N) is 2. The van der Waals surface area contributed by atoms with Crippen molar-refractivity contribution in [3.8, 4) is 0 Å². The maximum Gasteiger partial charge on any atom is 0.407 e. The van der Waals surface area contributed by atoms with E-state index in [2.05, 4.69) is 27.3 Å². The first-order valence-electron chi connectivity index (χ1n) is 9.69. The summed E-state index contributed by atoms with van der Waals surface area (Å²) in [5.74, 6) is 0.992. The molecular weight excluding hydrogens is 384 g/mol. The lowest BCUT2D eigenvalue weighted by Gasteiger charge is -2.20. The lowest BCUT2D eigenvalue weighted by atomic mass is 10.2. The van der Waals surface area contributed by atoms with Gasteiger partial charge in [0.05, 0.1) is 11.0 Å². The number of alkyl carbamates (subject to hydrolysis) is 1. The normalized spacial score (nSPS) is 11.6. The summed E-state index contributed by atoms with van der Waals surface area (Å²) in [4.78, 5) is 26.6. The lowest BCUT2D eigenvalue weighted by molar-refractivity contribution is 0.0436. The highest BCUT2D eigenvalue weighted by molar-refractivity contribution is 6.06. The lowest BCUT2D eigenvalue weighted by Crippen LogP contribution is -2.34. The molecule has 0 aliphatic carbocycles. The number of hydrogen-bond donors (Lipinski definition) is 3. The molecule has 0 atom stereocenters. The van der Waals surface area contributed by atoms with Crippen LogP contribution >= 0.6 is 0 Å². The highest BCUT2D eigenvalue weighted by Crippen LogP contribution is 2.28. The number of nitrogens with two attached hydrogens (primary N) is 1. The molecule has 0 aliphatic rings. The topological polar surface area (TPSA) is 116 Å². The van der Waals surface area contributed by atoms with Crippen LogP contribution in [0.15, 0.2) is 36.5 Å². The van der Waals surface area contributed by atoms with Crippen molar-refractivity contribution < 1.29 is 14.4 Å². The van der Waals surface area contributed by atoms with Gasteiger partial charge in [-0.25, -0.2) is 14.8 Å².